The Balaban J connectivity index is 2.34. The highest BCUT2D eigenvalue weighted by atomic mass is 16.5. The summed E-state index contributed by atoms with van der Waals surface area (Å²) in [6.07, 6.45) is 1.83. The van der Waals surface area contributed by atoms with Gasteiger partial charge in [0, 0.05) is 7.05 Å². The van der Waals surface area contributed by atoms with Gasteiger partial charge in [0.05, 0.1) is 24.5 Å². The van der Waals surface area contributed by atoms with Gasteiger partial charge in [-0.3, -0.25) is 4.68 Å². The molecule has 4 heteroatoms. The fraction of sp³-hybridized carbons (Fsp3) is 0.357. The molecule has 4 nitrogen and oxygen atoms in total. The summed E-state index contributed by atoms with van der Waals surface area (Å²) >= 11 is 0. The maximum absolute atomic E-state index is 6.31. The topological polar surface area (TPSA) is 53.1 Å². The van der Waals surface area contributed by atoms with Crippen LogP contribution in [0.3, 0.4) is 0 Å². The molecule has 1 aromatic carbocycles. The number of ether oxygens (including phenoxy) is 1. The number of nitrogens with two attached hydrogens (primary N) is 1. The minimum absolute atomic E-state index is 0.182. The molecule has 96 valence electrons. The zero-order chi connectivity index (χ0) is 13.1. The van der Waals surface area contributed by atoms with E-state index in [2.05, 4.69) is 5.10 Å². The Morgan fingerprint density at radius 3 is 2.83 bits per heavy atom. The zero-order valence-corrected chi connectivity index (χ0v) is 11.1. The first-order valence-electron chi connectivity index (χ1n) is 6.10. The van der Waals surface area contributed by atoms with Crippen molar-refractivity contribution in [2.45, 2.75) is 19.9 Å². The number of rotatable bonds is 4. The molecule has 1 unspecified atom stereocenters. The number of aromatic nitrogens is 2. The molecule has 0 amide bonds. The quantitative estimate of drug-likeness (QED) is 0.898. The monoisotopic (exact) mass is 245 g/mol. The molecule has 0 bridgehead atoms. The van der Waals surface area contributed by atoms with Crippen LogP contribution in [0.25, 0.3) is 0 Å². The van der Waals surface area contributed by atoms with Gasteiger partial charge in [-0.05, 0) is 37.1 Å². The number of aryl methyl sites for hydroxylation is 2. The third-order valence-electron chi connectivity index (χ3n) is 3.00. The summed E-state index contributed by atoms with van der Waals surface area (Å²) in [6.45, 7) is 4.65. The Labute approximate surface area is 107 Å². The van der Waals surface area contributed by atoms with Crippen LogP contribution >= 0.6 is 0 Å². The average Bonchev–Trinajstić information content (AvgIpc) is 2.69. The van der Waals surface area contributed by atoms with Crippen molar-refractivity contribution < 1.29 is 4.74 Å². The first kappa shape index (κ1) is 12.6. The molecule has 18 heavy (non-hydrogen) atoms. The van der Waals surface area contributed by atoms with E-state index in [0.717, 1.165) is 22.6 Å². The summed E-state index contributed by atoms with van der Waals surface area (Å²) in [7, 11) is 1.91. The molecule has 0 saturated heterocycles. The molecule has 0 aliphatic carbocycles. The van der Waals surface area contributed by atoms with Gasteiger partial charge in [-0.1, -0.05) is 12.1 Å². The van der Waals surface area contributed by atoms with E-state index in [1.54, 1.807) is 0 Å². The lowest BCUT2D eigenvalue weighted by Crippen LogP contribution is -2.17. The van der Waals surface area contributed by atoms with E-state index in [4.69, 9.17) is 10.5 Å². The van der Waals surface area contributed by atoms with Crippen molar-refractivity contribution in [3.8, 4) is 5.75 Å². The molecule has 2 aromatic rings. The first-order chi connectivity index (χ1) is 8.63. The number of hydrogen-bond donors (Lipinski definition) is 1. The van der Waals surface area contributed by atoms with Crippen molar-refractivity contribution in [1.82, 2.24) is 9.78 Å². The molecular weight excluding hydrogens is 226 g/mol. The normalized spacial score (nSPS) is 12.4. The van der Waals surface area contributed by atoms with Crippen LogP contribution in [0, 0.1) is 6.92 Å². The van der Waals surface area contributed by atoms with Crippen molar-refractivity contribution >= 4 is 0 Å². The minimum Gasteiger partial charge on any atom is -0.494 e. The molecule has 0 aliphatic heterocycles. The summed E-state index contributed by atoms with van der Waals surface area (Å²) in [4.78, 5) is 0. The van der Waals surface area contributed by atoms with Crippen molar-refractivity contribution in [1.29, 1.82) is 0 Å². The molecule has 0 saturated carbocycles. The Kier molecular flexibility index (Phi) is 3.67. The molecular formula is C14H19N3O. The minimum atomic E-state index is -0.182. The first-order valence-corrected chi connectivity index (χ1v) is 6.10. The molecule has 1 atom stereocenters. The zero-order valence-electron chi connectivity index (χ0n) is 11.1. The highest BCUT2D eigenvalue weighted by molar-refractivity contribution is 5.36. The summed E-state index contributed by atoms with van der Waals surface area (Å²) in [6, 6.07) is 7.72. The van der Waals surface area contributed by atoms with E-state index in [9.17, 15) is 0 Å². The van der Waals surface area contributed by atoms with Crippen LogP contribution in [0.2, 0.25) is 0 Å². The van der Waals surface area contributed by atoms with E-state index >= 15 is 0 Å². The van der Waals surface area contributed by atoms with Crippen LogP contribution < -0.4 is 10.5 Å². The molecule has 1 aromatic heterocycles. The lowest BCUT2D eigenvalue weighted by Gasteiger charge is -2.15. The fourth-order valence-electron chi connectivity index (χ4n) is 2.13. The Morgan fingerprint density at radius 2 is 2.22 bits per heavy atom. The maximum Gasteiger partial charge on any atom is 0.119 e. The van der Waals surface area contributed by atoms with Crippen LogP contribution in [0.15, 0.2) is 30.5 Å². The lowest BCUT2D eigenvalue weighted by molar-refractivity contribution is 0.339. The van der Waals surface area contributed by atoms with Crippen LogP contribution in [-0.4, -0.2) is 16.4 Å². The molecule has 0 aliphatic rings. The molecule has 0 radical (unpaired) electrons. The fourth-order valence-corrected chi connectivity index (χ4v) is 2.13. The van der Waals surface area contributed by atoms with Crippen molar-refractivity contribution in [3.63, 3.8) is 0 Å². The second kappa shape index (κ2) is 5.23. The third-order valence-corrected chi connectivity index (χ3v) is 3.00. The smallest absolute Gasteiger partial charge is 0.119 e. The Bertz CT molecular complexity index is 514. The lowest BCUT2D eigenvalue weighted by atomic mass is 10.0. The van der Waals surface area contributed by atoms with E-state index in [1.165, 1.54) is 0 Å². The van der Waals surface area contributed by atoms with Crippen LogP contribution in [0.5, 0.6) is 5.75 Å². The van der Waals surface area contributed by atoms with Crippen molar-refractivity contribution in [2.75, 3.05) is 6.61 Å². The summed E-state index contributed by atoms with van der Waals surface area (Å²) in [5.74, 6) is 0.852. The molecule has 1 heterocycles. The van der Waals surface area contributed by atoms with Crippen LogP contribution in [-0.2, 0) is 7.05 Å². The number of benzene rings is 1. The van der Waals surface area contributed by atoms with Gasteiger partial charge in [0.2, 0.25) is 0 Å². The van der Waals surface area contributed by atoms with Gasteiger partial charge in [-0.25, -0.2) is 0 Å². The maximum atomic E-state index is 6.31. The molecule has 2 rings (SSSR count). The van der Waals surface area contributed by atoms with E-state index < -0.39 is 0 Å². The second-order valence-electron chi connectivity index (χ2n) is 4.32. The van der Waals surface area contributed by atoms with E-state index in [-0.39, 0.29) is 6.04 Å². The van der Waals surface area contributed by atoms with Gasteiger partial charge in [0.1, 0.15) is 5.75 Å². The molecule has 2 N–H and O–H groups in total. The third kappa shape index (κ3) is 2.38. The number of hydrogen-bond acceptors (Lipinski definition) is 3. The largest absolute Gasteiger partial charge is 0.494 e. The predicted molar refractivity (Wildman–Crippen MR) is 71.6 cm³/mol. The van der Waals surface area contributed by atoms with Gasteiger partial charge >= 0.3 is 0 Å². The highest BCUT2D eigenvalue weighted by Gasteiger charge is 2.16. The summed E-state index contributed by atoms with van der Waals surface area (Å²) < 4.78 is 7.32. The van der Waals surface area contributed by atoms with Gasteiger partial charge in [0.15, 0.2) is 0 Å². The SMILES string of the molecule is CCOc1cccc(C(N)c2c(C)cnn2C)c1. The van der Waals surface area contributed by atoms with Crippen molar-refractivity contribution in [3.05, 3.63) is 47.3 Å². The molecule has 0 fully saturated rings. The van der Waals surface area contributed by atoms with Crippen molar-refractivity contribution in [2.24, 2.45) is 12.8 Å². The Hall–Kier alpha value is -1.81. The van der Waals surface area contributed by atoms with E-state index in [0.29, 0.717) is 6.61 Å². The highest BCUT2D eigenvalue weighted by Crippen LogP contribution is 2.24. The van der Waals surface area contributed by atoms with Gasteiger partial charge in [-0.15, -0.1) is 0 Å². The number of nitrogens with zero attached hydrogens (tertiary/aromatic N) is 2. The molecule has 0 spiro atoms. The summed E-state index contributed by atoms with van der Waals surface area (Å²) in [5, 5.41) is 4.23. The van der Waals surface area contributed by atoms with Gasteiger partial charge in [-0.2, -0.15) is 5.10 Å². The average molecular weight is 245 g/mol. The van der Waals surface area contributed by atoms with Crippen LogP contribution in [0.4, 0.5) is 0 Å². The predicted octanol–water partition coefficient (Wildman–Crippen LogP) is 2.18. The van der Waals surface area contributed by atoms with E-state index in [1.807, 2.05) is 56.0 Å². The van der Waals surface area contributed by atoms with Crippen LogP contribution in [0.1, 0.15) is 29.8 Å². The standard InChI is InChI=1S/C14H19N3O/c1-4-18-12-7-5-6-11(8-12)13(15)14-10(2)9-16-17(14)3/h5-9,13H,4,15H2,1-3H3. The summed E-state index contributed by atoms with van der Waals surface area (Å²) in [5.41, 5.74) is 9.48. The van der Waals surface area contributed by atoms with Gasteiger partial charge in [0.25, 0.3) is 0 Å². The van der Waals surface area contributed by atoms with Gasteiger partial charge < -0.3 is 10.5 Å². The second-order valence-corrected chi connectivity index (χ2v) is 4.32. The Morgan fingerprint density at radius 1 is 1.44 bits per heavy atom.